The fourth-order valence-corrected chi connectivity index (χ4v) is 4.67. The predicted octanol–water partition coefficient (Wildman–Crippen LogP) is 3.30. The molecule has 4 rings (SSSR count). The van der Waals surface area contributed by atoms with Crippen molar-refractivity contribution in [1.29, 1.82) is 0 Å². The van der Waals surface area contributed by atoms with Crippen LogP contribution in [0.4, 0.5) is 23.2 Å². The molecule has 2 N–H and O–H groups in total. The average Bonchev–Trinajstić information content (AvgIpc) is 3.55. The second-order valence-electron chi connectivity index (χ2n) is 9.31. The number of aromatic nitrogens is 1. The fraction of sp³-hybridized carbons (Fsp3) is 0.520. The average molecular weight is 511 g/mol. The molecule has 3 heterocycles. The third-order valence-electron chi connectivity index (χ3n) is 6.60. The lowest BCUT2D eigenvalue weighted by Gasteiger charge is -2.29. The molecule has 36 heavy (non-hydrogen) atoms. The van der Waals surface area contributed by atoms with Crippen molar-refractivity contribution in [3.05, 3.63) is 54.0 Å². The smallest absolute Gasteiger partial charge is 0.422 e. The quantitative estimate of drug-likeness (QED) is 0.505. The molecule has 11 heteroatoms. The van der Waals surface area contributed by atoms with Crippen LogP contribution in [0, 0.1) is 11.7 Å². The number of pyridine rings is 1. The van der Waals surface area contributed by atoms with Crippen molar-refractivity contribution in [3.63, 3.8) is 0 Å². The lowest BCUT2D eigenvalue weighted by Crippen LogP contribution is -2.48. The standard InChI is InChI=1S/C25H30F4N4O3/c26-19-4-6-20(7-5-19)33-12-9-18(14-33)24(35)31-21(15-32-10-1-2-11-32)23(34)17-3-8-22(30-13-17)36-16-25(27,28)29/h3-8,13,18,21,23,34H,1-2,9-12,14-16H2,(H,31,35)/t18?,21-,23-/m1/s1. The number of alkyl halides is 3. The summed E-state index contributed by atoms with van der Waals surface area (Å²) in [6, 6.07) is 8.25. The third-order valence-corrected chi connectivity index (χ3v) is 6.60. The molecule has 196 valence electrons. The number of nitrogens with one attached hydrogen (secondary N) is 1. The second-order valence-corrected chi connectivity index (χ2v) is 9.31. The molecule has 2 aliphatic heterocycles. The summed E-state index contributed by atoms with van der Waals surface area (Å²) < 4.78 is 55.0. The number of carbonyl (C=O) groups excluding carboxylic acids is 1. The molecule has 2 aliphatic rings. The van der Waals surface area contributed by atoms with Crippen LogP contribution in [0.5, 0.6) is 5.88 Å². The summed E-state index contributed by atoms with van der Waals surface area (Å²) in [6.45, 7) is 1.86. The van der Waals surface area contributed by atoms with E-state index in [0.29, 0.717) is 31.6 Å². The van der Waals surface area contributed by atoms with Gasteiger partial charge in [-0.3, -0.25) is 4.79 Å². The van der Waals surface area contributed by atoms with Crippen LogP contribution in [0.2, 0.25) is 0 Å². The lowest BCUT2D eigenvalue weighted by atomic mass is 10.0. The number of ether oxygens (including phenoxy) is 1. The highest BCUT2D eigenvalue weighted by Crippen LogP contribution is 2.26. The second kappa shape index (κ2) is 11.4. The molecule has 0 saturated carbocycles. The van der Waals surface area contributed by atoms with Gasteiger partial charge in [-0.25, -0.2) is 9.37 Å². The number of carbonyl (C=O) groups is 1. The van der Waals surface area contributed by atoms with Crippen molar-refractivity contribution < 1.29 is 32.2 Å². The van der Waals surface area contributed by atoms with Crippen LogP contribution in [-0.4, -0.2) is 72.4 Å². The van der Waals surface area contributed by atoms with E-state index in [1.54, 1.807) is 12.1 Å². The Hall–Kier alpha value is -2.92. The van der Waals surface area contributed by atoms with Crippen molar-refractivity contribution in [1.82, 2.24) is 15.2 Å². The van der Waals surface area contributed by atoms with Gasteiger partial charge in [0.25, 0.3) is 0 Å². The van der Waals surface area contributed by atoms with E-state index in [0.717, 1.165) is 31.6 Å². The largest absolute Gasteiger partial charge is 0.468 e. The number of likely N-dealkylation sites (tertiary alicyclic amines) is 1. The summed E-state index contributed by atoms with van der Waals surface area (Å²) in [6.07, 6.45) is -1.60. The SMILES string of the molecule is O=C(N[C@H](CN1CCCC1)[C@H](O)c1ccc(OCC(F)(F)F)nc1)C1CCN(c2ccc(F)cc2)C1. The molecule has 2 saturated heterocycles. The molecule has 1 aromatic heterocycles. The lowest BCUT2D eigenvalue weighted by molar-refractivity contribution is -0.154. The van der Waals surface area contributed by atoms with E-state index in [-0.39, 0.29) is 23.5 Å². The first kappa shape index (κ1) is 26.2. The summed E-state index contributed by atoms with van der Waals surface area (Å²) in [4.78, 5) is 21.2. The van der Waals surface area contributed by atoms with E-state index < -0.39 is 24.9 Å². The van der Waals surface area contributed by atoms with Gasteiger partial charge in [-0.2, -0.15) is 13.2 Å². The molecule has 0 bridgehead atoms. The normalized spacial score (nSPS) is 20.4. The molecule has 1 unspecified atom stereocenters. The Morgan fingerprint density at radius 1 is 1.14 bits per heavy atom. The maximum atomic E-state index is 13.2. The zero-order valence-electron chi connectivity index (χ0n) is 19.8. The number of aliphatic hydroxyl groups is 1. The maximum absolute atomic E-state index is 13.2. The van der Waals surface area contributed by atoms with Crippen LogP contribution in [0.15, 0.2) is 42.6 Å². The minimum absolute atomic E-state index is 0.180. The van der Waals surface area contributed by atoms with E-state index in [1.807, 2.05) is 4.90 Å². The minimum atomic E-state index is -4.47. The van der Waals surface area contributed by atoms with Crippen molar-refractivity contribution in [3.8, 4) is 5.88 Å². The summed E-state index contributed by atoms with van der Waals surface area (Å²) in [5, 5.41) is 14.1. The molecule has 0 spiro atoms. The van der Waals surface area contributed by atoms with Gasteiger partial charge in [0, 0.05) is 43.1 Å². The van der Waals surface area contributed by atoms with Crippen LogP contribution < -0.4 is 15.0 Å². The molecule has 1 amide bonds. The summed E-state index contributed by atoms with van der Waals surface area (Å²) >= 11 is 0. The number of rotatable bonds is 9. The Balaban J connectivity index is 1.40. The number of nitrogens with zero attached hydrogens (tertiary/aromatic N) is 3. The van der Waals surface area contributed by atoms with Crippen LogP contribution in [0.1, 0.15) is 30.9 Å². The van der Waals surface area contributed by atoms with Crippen molar-refractivity contribution in [2.75, 3.05) is 44.2 Å². The predicted molar refractivity (Wildman–Crippen MR) is 125 cm³/mol. The van der Waals surface area contributed by atoms with Crippen molar-refractivity contribution in [2.24, 2.45) is 5.92 Å². The Morgan fingerprint density at radius 3 is 2.50 bits per heavy atom. The van der Waals surface area contributed by atoms with Gasteiger partial charge in [-0.15, -0.1) is 0 Å². The zero-order valence-corrected chi connectivity index (χ0v) is 19.8. The first-order valence-corrected chi connectivity index (χ1v) is 12.0. The number of aliphatic hydroxyl groups excluding tert-OH is 1. The van der Waals surface area contributed by atoms with Crippen molar-refractivity contribution >= 4 is 11.6 Å². The van der Waals surface area contributed by atoms with E-state index in [9.17, 15) is 27.5 Å². The van der Waals surface area contributed by atoms with E-state index >= 15 is 0 Å². The van der Waals surface area contributed by atoms with Crippen LogP contribution in [0.3, 0.4) is 0 Å². The van der Waals surface area contributed by atoms with Crippen LogP contribution in [0.25, 0.3) is 0 Å². The zero-order chi connectivity index (χ0) is 25.7. The number of anilines is 1. The first-order chi connectivity index (χ1) is 17.2. The van der Waals surface area contributed by atoms with Gasteiger partial charge in [-0.05, 0) is 62.7 Å². The number of halogens is 4. The highest BCUT2D eigenvalue weighted by atomic mass is 19.4. The number of benzene rings is 1. The Morgan fingerprint density at radius 2 is 1.86 bits per heavy atom. The molecular formula is C25H30F4N4O3. The Bertz CT molecular complexity index is 998. The van der Waals surface area contributed by atoms with E-state index in [4.69, 9.17) is 0 Å². The first-order valence-electron chi connectivity index (χ1n) is 12.0. The highest BCUT2D eigenvalue weighted by molar-refractivity contribution is 5.80. The molecular weight excluding hydrogens is 480 g/mol. The molecule has 1 aromatic carbocycles. The molecule has 3 atom stereocenters. The fourth-order valence-electron chi connectivity index (χ4n) is 4.67. The number of hydrogen-bond acceptors (Lipinski definition) is 6. The molecule has 2 fully saturated rings. The Labute approximate surface area is 207 Å². The maximum Gasteiger partial charge on any atom is 0.422 e. The van der Waals surface area contributed by atoms with Gasteiger partial charge < -0.3 is 25.0 Å². The molecule has 0 radical (unpaired) electrons. The van der Waals surface area contributed by atoms with Gasteiger partial charge in [0.05, 0.1) is 12.0 Å². The molecule has 2 aromatic rings. The van der Waals surface area contributed by atoms with Crippen LogP contribution >= 0.6 is 0 Å². The summed E-state index contributed by atoms with van der Waals surface area (Å²) in [5.41, 5.74) is 1.22. The van der Waals surface area contributed by atoms with E-state index in [1.165, 1.54) is 30.5 Å². The van der Waals surface area contributed by atoms with Gasteiger partial charge >= 0.3 is 6.18 Å². The van der Waals surface area contributed by atoms with Gasteiger partial charge in [-0.1, -0.05) is 0 Å². The van der Waals surface area contributed by atoms with Gasteiger partial charge in [0.15, 0.2) is 6.61 Å². The number of hydrogen-bond donors (Lipinski definition) is 2. The highest BCUT2D eigenvalue weighted by Gasteiger charge is 2.33. The topological polar surface area (TPSA) is 77.9 Å². The van der Waals surface area contributed by atoms with E-state index in [2.05, 4.69) is 19.9 Å². The van der Waals surface area contributed by atoms with Gasteiger partial charge in [0.2, 0.25) is 11.8 Å². The molecule has 0 aliphatic carbocycles. The minimum Gasteiger partial charge on any atom is -0.468 e. The van der Waals surface area contributed by atoms with Crippen molar-refractivity contribution in [2.45, 2.75) is 37.6 Å². The monoisotopic (exact) mass is 510 g/mol. The third kappa shape index (κ3) is 7.07. The Kier molecular flexibility index (Phi) is 8.30. The molecule has 7 nitrogen and oxygen atoms in total. The summed E-state index contributed by atoms with van der Waals surface area (Å²) in [5.74, 6) is -0.990. The summed E-state index contributed by atoms with van der Waals surface area (Å²) in [7, 11) is 0. The number of amides is 1. The van der Waals surface area contributed by atoms with Gasteiger partial charge in [0.1, 0.15) is 11.9 Å². The van der Waals surface area contributed by atoms with Crippen LogP contribution in [-0.2, 0) is 4.79 Å².